The van der Waals surface area contributed by atoms with E-state index in [1.165, 1.54) is 0 Å². The van der Waals surface area contributed by atoms with Crippen LogP contribution in [0.2, 0.25) is 0 Å². The molecular weight excluding hydrogens is 317 g/mol. The molecule has 2 N–H and O–H groups in total. The largest absolute Gasteiger partial charge is 0.391 e. The van der Waals surface area contributed by atoms with Gasteiger partial charge in [0.05, 0.1) is 17.7 Å². The number of amides is 1. The Hall–Kier alpha value is -0.620. The summed E-state index contributed by atoms with van der Waals surface area (Å²) in [7, 11) is 0. The molecule has 0 spiro atoms. The molecule has 0 saturated heterocycles. The standard InChI is InChI=1S/C12H14INO2/c13-9-5-2-1-4-8(9)12(16)14-10-6-3-7-11(10)15/h1-2,4-5,10-11,15H,3,6-7H2,(H,14,16). The molecule has 2 rings (SSSR count). The summed E-state index contributed by atoms with van der Waals surface area (Å²) in [5.41, 5.74) is 0.683. The Kier molecular flexibility index (Phi) is 3.81. The Morgan fingerprint density at radius 3 is 2.75 bits per heavy atom. The molecule has 0 aromatic heterocycles. The second-order valence-electron chi connectivity index (χ2n) is 4.06. The minimum atomic E-state index is -0.384. The van der Waals surface area contributed by atoms with Crippen LogP contribution in [0.15, 0.2) is 24.3 Å². The number of hydrogen-bond acceptors (Lipinski definition) is 2. The molecule has 1 aromatic rings. The van der Waals surface area contributed by atoms with Crippen molar-refractivity contribution in [2.24, 2.45) is 0 Å². The number of aliphatic hydroxyl groups is 1. The van der Waals surface area contributed by atoms with E-state index in [0.717, 1.165) is 22.8 Å². The molecule has 0 aliphatic heterocycles. The average molecular weight is 331 g/mol. The second kappa shape index (κ2) is 5.14. The number of halogens is 1. The molecule has 2 unspecified atom stereocenters. The topological polar surface area (TPSA) is 49.3 Å². The number of carbonyl (C=O) groups excluding carboxylic acids is 1. The van der Waals surface area contributed by atoms with Gasteiger partial charge >= 0.3 is 0 Å². The van der Waals surface area contributed by atoms with E-state index in [1.54, 1.807) is 6.07 Å². The van der Waals surface area contributed by atoms with Crippen molar-refractivity contribution >= 4 is 28.5 Å². The van der Waals surface area contributed by atoms with Gasteiger partial charge in [-0.3, -0.25) is 4.79 Å². The van der Waals surface area contributed by atoms with Crippen molar-refractivity contribution in [2.75, 3.05) is 0 Å². The zero-order chi connectivity index (χ0) is 11.5. The number of rotatable bonds is 2. The van der Waals surface area contributed by atoms with Crippen molar-refractivity contribution in [1.82, 2.24) is 5.32 Å². The highest BCUT2D eigenvalue weighted by Gasteiger charge is 2.27. The highest BCUT2D eigenvalue weighted by molar-refractivity contribution is 14.1. The van der Waals surface area contributed by atoms with E-state index in [9.17, 15) is 9.90 Å². The molecule has 1 aliphatic carbocycles. The molecule has 3 nitrogen and oxygen atoms in total. The molecule has 16 heavy (non-hydrogen) atoms. The fraction of sp³-hybridized carbons (Fsp3) is 0.417. The lowest BCUT2D eigenvalue weighted by atomic mass is 10.1. The highest BCUT2D eigenvalue weighted by atomic mass is 127. The van der Waals surface area contributed by atoms with Gasteiger partial charge in [-0.05, 0) is 54.0 Å². The predicted octanol–water partition coefficient (Wildman–Crippen LogP) is 1.93. The van der Waals surface area contributed by atoms with Gasteiger partial charge < -0.3 is 10.4 Å². The molecule has 1 fully saturated rings. The van der Waals surface area contributed by atoms with Crippen molar-refractivity contribution in [2.45, 2.75) is 31.4 Å². The first-order chi connectivity index (χ1) is 7.68. The summed E-state index contributed by atoms with van der Waals surface area (Å²) in [5.74, 6) is -0.0871. The van der Waals surface area contributed by atoms with Crippen LogP contribution in [-0.4, -0.2) is 23.2 Å². The van der Waals surface area contributed by atoms with Crippen molar-refractivity contribution in [3.8, 4) is 0 Å². The van der Waals surface area contributed by atoms with Crippen LogP contribution in [0.3, 0.4) is 0 Å². The van der Waals surface area contributed by atoms with Gasteiger partial charge in [-0.25, -0.2) is 0 Å². The lowest BCUT2D eigenvalue weighted by Gasteiger charge is -2.16. The van der Waals surface area contributed by atoms with E-state index in [4.69, 9.17) is 0 Å². The van der Waals surface area contributed by atoms with Gasteiger partial charge in [0.25, 0.3) is 5.91 Å². The maximum Gasteiger partial charge on any atom is 0.252 e. The molecule has 86 valence electrons. The fourth-order valence-electron chi connectivity index (χ4n) is 2.00. The third kappa shape index (κ3) is 2.55. The van der Waals surface area contributed by atoms with Gasteiger partial charge in [-0.15, -0.1) is 0 Å². The van der Waals surface area contributed by atoms with Crippen molar-refractivity contribution in [3.05, 3.63) is 33.4 Å². The molecule has 1 saturated carbocycles. The van der Waals surface area contributed by atoms with Crippen LogP contribution in [0.1, 0.15) is 29.6 Å². The maximum atomic E-state index is 11.9. The molecule has 2 atom stereocenters. The lowest BCUT2D eigenvalue weighted by Crippen LogP contribution is -2.40. The summed E-state index contributed by atoms with van der Waals surface area (Å²) in [6.45, 7) is 0. The highest BCUT2D eigenvalue weighted by Crippen LogP contribution is 2.20. The van der Waals surface area contributed by atoms with Crippen LogP contribution in [0.4, 0.5) is 0 Å². The van der Waals surface area contributed by atoms with E-state index in [0.29, 0.717) is 5.56 Å². The Balaban J connectivity index is 2.06. The van der Waals surface area contributed by atoms with E-state index in [1.807, 2.05) is 18.2 Å². The van der Waals surface area contributed by atoms with Crippen molar-refractivity contribution < 1.29 is 9.90 Å². The zero-order valence-corrected chi connectivity index (χ0v) is 11.0. The summed E-state index contributed by atoms with van der Waals surface area (Å²) in [6.07, 6.45) is 2.26. The first-order valence-electron chi connectivity index (χ1n) is 5.42. The quantitative estimate of drug-likeness (QED) is 0.814. The summed E-state index contributed by atoms with van der Waals surface area (Å²) in [6, 6.07) is 7.38. The Morgan fingerprint density at radius 1 is 1.38 bits per heavy atom. The van der Waals surface area contributed by atoms with Crippen LogP contribution in [0, 0.1) is 3.57 Å². The third-order valence-corrected chi connectivity index (χ3v) is 3.86. The minimum Gasteiger partial charge on any atom is -0.391 e. The molecule has 0 bridgehead atoms. The summed E-state index contributed by atoms with van der Waals surface area (Å²) in [5, 5.41) is 12.5. The first-order valence-corrected chi connectivity index (χ1v) is 6.50. The van der Waals surface area contributed by atoms with Gasteiger partial charge in [-0.2, -0.15) is 0 Å². The van der Waals surface area contributed by atoms with Gasteiger partial charge in [0.1, 0.15) is 0 Å². The lowest BCUT2D eigenvalue weighted by molar-refractivity contribution is 0.0872. The number of benzene rings is 1. The summed E-state index contributed by atoms with van der Waals surface area (Å²) in [4.78, 5) is 11.9. The van der Waals surface area contributed by atoms with Gasteiger partial charge in [0.15, 0.2) is 0 Å². The smallest absolute Gasteiger partial charge is 0.252 e. The van der Waals surface area contributed by atoms with E-state index < -0.39 is 0 Å². The fourth-order valence-corrected chi connectivity index (χ4v) is 2.63. The Morgan fingerprint density at radius 2 is 2.12 bits per heavy atom. The monoisotopic (exact) mass is 331 g/mol. The molecule has 1 aliphatic rings. The van der Waals surface area contributed by atoms with Crippen molar-refractivity contribution in [3.63, 3.8) is 0 Å². The summed E-state index contributed by atoms with van der Waals surface area (Å²) >= 11 is 2.14. The number of carbonyl (C=O) groups is 1. The molecular formula is C12H14INO2. The molecule has 1 aromatic carbocycles. The second-order valence-corrected chi connectivity index (χ2v) is 5.22. The Labute approximate surface area is 108 Å². The van der Waals surface area contributed by atoms with Gasteiger partial charge in [0, 0.05) is 3.57 Å². The molecule has 1 amide bonds. The first kappa shape index (κ1) is 11.9. The normalized spacial score (nSPS) is 24.4. The SMILES string of the molecule is O=C(NC1CCCC1O)c1ccccc1I. The van der Waals surface area contributed by atoms with Gasteiger partial charge in [0.2, 0.25) is 0 Å². The van der Waals surface area contributed by atoms with E-state index >= 15 is 0 Å². The van der Waals surface area contributed by atoms with Crippen LogP contribution in [-0.2, 0) is 0 Å². The number of nitrogens with one attached hydrogen (secondary N) is 1. The van der Waals surface area contributed by atoms with Crippen LogP contribution < -0.4 is 5.32 Å². The summed E-state index contributed by atoms with van der Waals surface area (Å²) < 4.78 is 0.935. The van der Waals surface area contributed by atoms with Crippen LogP contribution in [0.5, 0.6) is 0 Å². The molecule has 4 heteroatoms. The van der Waals surface area contributed by atoms with Crippen molar-refractivity contribution in [1.29, 1.82) is 0 Å². The maximum absolute atomic E-state index is 11.9. The zero-order valence-electron chi connectivity index (χ0n) is 8.82. The molecule has 0 heterocycles. The Bertz CT molecular complexity index is 394. The van der Waals surface area contributed by atoms with Crippen LogP contribution >= 0.6 is 22.6 Å². The minimum absolute atomic E-state index is 0.0801. The van der Waals surface area contributed by atoms with E-state index in [-0.39, 0.29) is 18.1 Å². The number of aliphatic hydroxyl groups excluding tert-OH is 1. The molecule has 0 radical (unpaired) electrons. The average Bonchev–Trinajstić information content (AvgIpc) is 2.65. The third-order valence-electron chi connectivity index (χ3n) is 2.91. The van der Waals surface area contributed by atoms with Crippen LogP contribution in [0.25, 0.3) is 0 Å². The van der Waals surface area contributed by atoms with E-state index in [2.05, 4.69) is 27.9 Å². The predicted molar refractivity (Wildman–Crippen MR) is 70.3 cm³/mol. The van der Waals surface area contributed by atoms with Gasteiger partial charge in [-0.1, -0.05) is 12.1 Å². The number of hydrogen-bond donors (Lipinski definition) is 2.